The highest BCUT2D eigenvalue weighted by Crippen LogP contribution is 2.16. The minimum atomic E-state index is -0.261. The summed E-state index contributed by atoms with van der Waals surface area (Å²) in [5.41, 5.74) is 1.29. The van der Waals surface area contributed by atoms with E-state index in [0.717, 1.165) is 5.56 Å². The van der Waals surface area contributed by atoms with Gasteiger partial charge in [-0.05, 0) is 29.8 Å². The normalized spacial score (nSPS) is 14.2. The molecule has 1 aromatic heterocycles. The second-order valence-electron chi connectivity index (χ2n) is 5.24. The smallest absolute Gasteiger partial charge is 0.256 e. The van der Waals surface area contributed by atoms with E-state index in [9.17, 15) is 14.4 Å². The predicted molar refractivity (Wildman–Crippen MR) is 83.4 cm³/mol. The number of carbonyl (C=O) groups is 3. The minimum Gasteiger partial charge on any atom is -0.307 e. The summed E-state index contributed by atoms with van der Waals surface area (Å²) in [6.07, 6.45) is 2.16. The second kappa shape index (κ2) is 6.39. The molecule has 0 spiro atoms. The molecule has 23 heavy (non-hydrogen) atoms. The number of aromatic nitrogens is 1. The summed E-state index contributed by atoms with van der Waals surface area (Å²) in [7, 11) is 0. The standard InChI is InChI=1S/C17H15N3O3/c21-15-8-9-16(22)20(15)11-12-4-6-13(7-5-12)17(23)19-14-3-1-2-10-18-14/h1-7,10H,8-9,11H2,(H,18,19,23). The van der Waals surface area contributed by atoms with Crippen LogP contribution in [0.25, 0.3) is 0 Å². The Labute approximate surface area is 133 Å². The maximum absolute atomic E-state index is 12.1. The first-order valence-corrected chi connectivity index (χ1v) is 7.28. The SMILES string of the molecule is O=C(Nc1ccccn1)c1ccc(CN2C(=O)CCC2=O)cc1. The zero-order valence-corrected chi connectivity index (χ0v) is 12.4. The lowest BCUT2D eigenvalue weighted by Gasteiger charge is -2.13. The number of hydrogen-bond acceptors (Lipinski definition) is 4. The molecular weight excluding hydrogens is 294 g/mol. The van der Waals surface area contributed by atoms with Crippen LogP contribution in [0.3, 0.4) is 0 Å². The molecule has 2 aromatic rings. The molecule has 0 radical (unpaired) electrons. The van der Waals surface area contributed by atoms with Crippen molar-refractivity contribution < 1.29 is 14.4 Å². The fourth-order valence-electron chi connectivity index (χ4n) is 2.37. The van der Waals surface area contributed by atoms with Crippen molar-refractivity contribution in [1.82, 2.24) is 9.88 Å². The Bertz CT molecular complexity index is 725. The minimum absolute atomic E-state index is 0.146. The number of nitrogens with one attached hydrogen (secondary N) is 1. The Morgan fingerprint density at radius 3 is 2.35 bits per heavy atom. The quantitative estimate of drug-likeness (QED) is 0.876. The van der Waals surface area contributed by atoms with Gasteiger partial charge in [-0.25, -0.2) is 4.98 Å². The number of nitrogens with zero attached hydrogens (tertiary/aromatic N) is 2. The zero-order chi connectivity index (χ0) is 16.2. The highest BCUT2D eigenvalue weighted by Gasteiger charge is 2.28. The summed E-state index contributed by atoms with van der Waals surface area (Å²) in [5, 5.41) is 2.70. The first-order chi connectivity index (χ1) is 11.1. The summed E-state index contributed by atoms with van der Waals surface area (Å²) in [5.74, 6) is -0.0719. The van der Waals surface area contributed by atoms with Crippen LogP contribution in [0.5, 0.6) is 0 Å². The molecule has 1 fully saturated rings. The van der Waals surface area contributed by atoms with E-state index >= 15 is 0 Å². The second-order valence-corrected chi connectivity index (χ2v) is 5.24. The molecule has 3 rings (SSSR count). The average Bonchev–Trinajstić information content (AvgIpc) is 2.88. The van der Waals surface area contributed by atoms with Gasteiger partial charge < -0.3 is 5.32 Å². The third-order valence-electron chi connectivity index (χ3n) is 3.62. The number of likely N-dealkylation sites (tertiary alicyclic amines) is 1. The number of hydrogen-bond donors (Lipinski definition) is 1. The van der Waals surface area contributed by atoms with Gasteiger partial charge in [-0.3, -0.25) is 19.3 Å². The largest absolute Gasteiger partial charge is 0.307 e. The van der Waals surface area contributed by atoms with Crippen molar-refractivity contribution in [2.45, 2.75) is 19.4 Å². The first kappa shape index (κ1) is 14.9. The van der Waals surface area contributed by atoms with E-state index in [2.05, 4.69) is 10.3 Å². The fraction of sp³-hybridized carbons (Fsp3) is 0.176. The van der Waals surface area contributed by atoms with Crippen LogP contribution in [0.15, 0.2) is 48.7 Å². The third-order valence-corrected chi connectivity index (χ3v) is 3.62. The lowest BCUT2D eigenvalue weighted by Crippen LogP contribution is -2.28. The van der Waals surface area contributed by atoms with E-state index in [0.29, 0.717) is 11.4 Å². The number of benzene rings is 1. The van der Waals surface area contributed by atoms with Crippen molar-refractivity contribution in [2.24, 2.45) is 0 Å². The molecule has 0 aliphatic carbocycles. The Balaban J connectivity index is 1.66. The van der Waals surface area contributed by atoms with Gasteiger partial charge in [0.05, 0.1) is 6.54 Å². The number of anilines is 1. The number of pyridine rings is 1. The molecule has 0 unspecified atom stereocenters. The maximum atomic E-state index is 12.1. The summed E-state index contributed by atoms with van der Waals surface area (Å²) >= 11 is 0. The number of carbonyl (C=O) groups excluding carboxylic acids is 3. The van der Waals surface area contributed by atoms with Crippen molar-refractivity contribution >= 4 is 23.5 Å². The third kappa shape index (κ3) is 3.42. The molecule has 0 atom stereocenters. The monoisotopic (exact) mass is 309 g/mol. The van der Waals surface area contributed by atoms with E-state index < -0.39 is 0 Å². The van der Waals surface area contributed by atoms with E-state index in [1.807, 2.05) is 0 Å². The van der Waals surface area contributed by atoms with E-state index in [-0.39, 0.29) is 37.1 Å². The molecule has 1 N–H and O–H groups in total. The maximum Gasteiger partial charge on any atom is 0.256 e. The van der Waals surface area contributed by atoms with Crippen molar-refractivity contribution in [3.63, 3.8) is 0 Å². The van der Waals surface area contributed by atoms with Crippen LogP contribution >= 0.6 is 0 Å². The van der Waals surface area contributed by atoms with Gasteiger partial charge in [0.15, 0.2) is 0 Å². The van der Waals surface area contributed by atoms with Crippen molar-refractivity contribution in [1.29, 1.82) is 0 Å². The number of imide groups is 1. The first-order valence-electron chi connectivity index (χ1n) is 7.28. The summed E-state index contributed by atoms with van der Waals surface area (Å²) in [6.45, 7) is 0.250. The molecule has 1 aliphatic heterocycles. The molecule has 1 saturated heterocycles. The Morgan fingerprint density at radius 1 is 1.04 bits per heavy atom. The molecule has 1 aromatic carbocycles. The van der Waals surface area contributed by atoms with Crippen LogP contribution in [0.2, 0.25) is 0 Å². The fourth-order valence-corrected chi connectivity index (χ4v) is 2.37. The summed E-state index contributed by atoms with van der Waals surface area (Å²) in [6, 6.07) is 12.1. The summed E-state index contributed by atoms with van der Waals surface area (Å²) < 4.78 is 0. The van der Waals surface area contributed by atoms with E-state index in [1.54, 1.807) is 48.7 Å². The lowest BCUT2D eigenvalue weighted by molar-refractivity contribution is -0.139. The van der Waals surface area contributed by atoms with Gasteiger partial charge in [-0.1, -0.05) is 18.2 Å². The molecule has 3 amide bonds. The number of rotatable bonds is 4. The van der Waals surface area contributed by atoms with Crippen molar-refractivity contribution in [2.75, 3.05) is 5.32 Å². The van der Waals surface area contributed by atoms with Gasteiger partial charge in [0.25, 0.3) is 5.91 Å². The van der Waals surface area contributed by atoms with Crippen LogP contribution in [-0.2, 0) is 16.1 Å². The van der Waals surface area contributed by atoms with Gasteiger partial charge in [0.1, 0.15) is 5.82 Å². The highest BCUT2D eigenvalue weighted by atomic mass is 16.2. The van der Waals surface area contributed by atoms with Gasteiger partial charge in [-0.15, -0.1) is 0 Å². The topological polar surface area (TPSA) is 79.4 Å². The van der Waals surface area contributed by atoms with E-state index in [1.165, 1.54) is 4.90 Å². The molecule has 2 heterocycles. The molecular formula is C17H15N3O3. The van der Waals surface area contributed by atoms with Crippen LogP contribution < -0.4 is 5.32 Å². The Hall–Kier alpha value is -3.02. The van der Waals surface area contributed by atoms with Gasteiger partial charge in [-0.2, -0.15) is 0 Å². The molecule has 6 nitrogen and oxygen atoms in total. The van der Waals surface area contributed by atoms with Crippen molar-refractivity contribution in [3.8, 4) is 0 Å². The zero-order valence-electron chi connectivity index (χ0n) is 12.4. The number of amides is 3. The Morgan fingerprint density at radius 2 is 1.74 bits per heavy atom. The van der Waals surface area contributed by atoms with Crippen LogP contribution in [0.1, 0.15) is 28.8 Å². The highest BCUT2D eigenvalue weighted by molar-refractivity contribution is 6.04. The van der Waals surface area contributed by atoms with Crippen molar-refractivity contribution in [3.05, 3.63) is 59.8 Å². The Kier molecular flexibility index (Phi) is 4.14. The molecule has 0 saturated carbocycles. The molecule has 116 valence electrons. The molecule has 0 bridgehead atoms. The molecule has 1 aliphatic rings. The van der Waals surface area contributed by atoms with E-state index in [4.69, 9.17) is 0 Å². The van der Waals surface area contributed by atoms with Gasteiger partial charge in [0, 0.05) is 24.6 Å². The summed E-state index contributed by atoms with van der Waals surface area (Å²) in [4.78, 5) is 40.6. The predicted octanol–water partition coefficient (Wildman–Crippen LogP) is 1.98. The van der Waals surface area contributed by atoms with Crippen LogP contribution in [0.4, 0.5) is 5.82 Å². The van der Waals surface area contributed by atoms with Gasteiger partial charge >= 0.3 is 0 Å². The van der Waals surface area contributed by atoms with Gasteiger partial charge in [0.2, 0.25) is 11.8 Å². The van der Waals surface area contributed by atoms with Crippen LogP contribution in [-0.4, -0.2) is 27.6 Å². The average molecular weight is 309 g/mol. The van der Waals surface area contributed by atoms with Crippen LogP contribution in [0, 0.1) is 0 Å². The lowest BCUT2D eigenvalue weighted by atomic mass is 10.1. The molecule has 6 heteroatoms.